The molecule has 0 aromatic heterocycles. The van der Waals surface area contributed by atoms with E-state index in [1.54, 1.807) is 6.07 Å². The van der Waals surface area contributed by atoms with Crippen LogP contribution in [0, 0.1) is 6.92 Å². The monoisotopic (exact) mass is 475 g/mol. The van der Waals surface area contributed by atoms with Gasteiger partial charge in [0.15, 0.2) is 6.61 Å². The van der Waals surface area contributed by atoms with E-state index >= 15 is 0 Å². The molecule has 0 saturated heterocycles. The molecule has 0 aliphatic heterocycles. The van der Waals surface area contributed by atoms with Crippen molar-refractivity contribution in [3.05, 3.63) is 78.4 Å². The summed E-state index contributed by atoms with van der Waals surface area (Å²) in [6.45, 7) is 1.72. The van der Waals surface area contributed by atoms with Crippen LogP contribution in [0.25, 0.3) is 0 Å². The minimum Gasteiger partial charge on any atom is -0.484 e. The number of nitrogens with two attached hydrogens (primary N) is 1. The molecule has 0 radical (unpaired) electrons. The summed E-state index contributed by atoms with van der Waals surface area (Å²) in [5.74, 6) is 0.181. The van der Waals surface area contributed by atoms with Crippen molar-refractivity contribution in [3.63, 3.8) is 0 Å². The Kier molecular flexibility index (Phi) is 6.82. The molecule has 0 unspecified atom stereocenters. The molecule has 3 aromatic carbocycles. The van der Waals surface area contributed by atoms with Crippen molar-refractivity contribution >= 4 is 37.3 Å². The SMILES string of the molecule is Cc1cccc(OCC(=O)Nc2ccc(S(=O)(=O)Nc3ccc(S(N)(=O)=O)cc3)cc2)c1. The standard InChI is InChI=1S/C21H21N3O6S2/c1-15-3-2-4-18(13-15)30-14-21(25)23-16-5-11-20(12-6-16)32(28,29)24-17-7-9-19(10-8-17)31(22,26)27/h2-13,24H,14H2,1H3,(H,23,25)(H2,22,26,27). The molecule has 32 heavy (non-hydrogen) atoms. The molecule has 0 fully saturated rings. The van der Waals surface area contributed by atoms with Crippen molar-refractivity contribution in [1.29, 1.82) is 0 Å². The molecule has 3 rings (SSSR count). The highest BCUT2D eigenvalue weighted by atomic mass is 32.2. The summed E-state index contributed by atoms with van der Waals surface area (Å²) in [7, 11) is -7.80. The average Bonchev–Trinajstić information content (AvgIpc) is 2.72. The fraction of sp³-hybridized carbons (Fsp3) is 0.0952. The Morgan fingerprint density at radius 2 is 1.47 bits per heavy atom. The van der Waals surface area contributed by atoms with Crippen LogP contribution in [0.3, 0.4) is 0 Å². The van der Waals surface area contributed by atoms with Gasteiger partial charge in [0.1, 0.15) is 5.75 Å². The lowest BCUT2D eigenvalue weighted by molar-refractivity contribution is -0.118. The van der Waals surface area contributed by atoms with Gasteiger partial charge in [-0.05, 0) is 73.2 Å². The highest BCUT2D eigenvalue weighted by molar-refractivity contribution is 7.92. The van der Waals surface area contributed by atoms with Crippen molar-refractivity contribution in [2.75, 3.05) is 16.6 Å². The zero-order valence-electron chi connectivity index (χ0n) is 17.0. The molecule has 0 bridgehead atoms. The smallest absolute Gasteiger partial charge is 0.262 e. The van der Waals surface area contributed by atoms with E-state index in [4.69, 9.17) is 9.88 Å². The Morgan fingerprint density at radius 3 is 2.06 bits per heavy atom. The van der Waals surface area contributed by atoms with E-state index in [1.165, 1.54) is 48.5 Å². The van der Waals surface area contributed by atoms with Crippen LogP contribution in [0.15, 0.2) is 82.6 Å². The quantitative estimate of drug-likeness (QED) is 0.456. The van der Waals surface area contributed by atoms with Crippen LogP contribution in [0.5, 0.6) is 5.75 Å². The number of carbonyl (C=O) groups is 1. The van der Waals surface area contributed by atoms with Crippen LogP contribution >= 0.6 is 0 Å². The van der Waals surface area contributed by atoms with Gasteiger partial charge in [-0.3, -0.25) is 9.52 Å². The molecule has 0 aliphatic rings. The molecule has 0 aliphatic carbocycles. The second-order valence-corrected chi connectivity index (χ2v) is 10.1. The van der Waals surface area contributed by atoms with Gasteiger partial charge in [-0.1, -0.05) is 12.1 Å². The number of carbonyl (C=O) groups excluding carboxylic acids is 1. The fourth-order valence-corrected chi connectivity index (χ4v) is 4.27. The number of sulfonamides is 2. The number of primary sulfonamides is 1. The number of amides is 1. The molecule has 0 spiro atoms. The second kappa shape index (κ2) is 9.39. The minimum atomic E-state index is -3.93. The summed E-state index contributed by atoms with van der Waals surface area (Å²) >= 11 is 0. The number of anilines is 2. The lowest BCUT2D eigenvalue weighted by atomic mass is 10.2. The molecule has 0 heterocycles. The van der Waals surface area contributed by atoms with E-state index in [0.717, 1.165) is 5.56 Å². The van der Waals surface area contributed by atoms with E-state index in [1.807, 2.05) is 25.1 Å². The van der Waals surface area contributed by atoms with Gasteiger partial charge in [-0.15, -0.1) is 0 Å². The maximum Gasteiger partial charge on any atom is 0.262 e. The predicted octanol–water partition coefficient (Wildman–Crippen LogP) is 2.46. The van der Waals surface area contributed by atoms with Gasteiger partial charge in [-0.25, -0.2) is 22.0 Å². The summed E-state index contributed by atoms with van der Waals surface area (Å²) in [5, 5.41) is 7.65. The first kappa shape index (κ1) is 23.3. The van der Waals surface area contributed by atoms with Gasteiger partial charge in [0, 0.05) is 11.4 Å². The van der Waals surface area contributed by atoms with E-state index in [0.29, 0.717) is 11.4 Å². The molecule has 9 nitrogen and oxygen atoms in total. The van der Waals surface area contributed by atoms with Crippen LogP contribution in [0.4, 0.5) is 11.4 Å². The van der Waals surface area contributed by atoms with Crippen molar-refractivity contribution in [3.8, 4) is 5.75 Å². The first-order valence-corrected chi connectivity index (χ1v) is 12.3. The van der Waals surface area contributed by atoms with Gasteiger partial charge in [-0.2, -0.15) is 0 Å². The Hall–Kier alpha value is -3.41. The average molecular weight is 476 g/mol. The van der Waals surface area contributed by atoms with Gasteiger partial charge in [0.25, 0.3) is 15.9 Å². The van der Waals surface area contributed by atoms with Gasteiger partial charge >= 0.3 is 0 Å². The fourth-order valence-electron chi connectivity index (χ4n) is 2.70. The summed E-state index contributed by atoms with van der Waals surface area (Å²) < 4.78 is 55.4. The maximum atomic E-state index is 12.5. The number of hydrogen-bond acceptors (Lipinski definition) is 6. The van der Waals surface area contributed by atoms with Crippen LogP contribution in [-0.4, -0.2) is 29.3 Å². The van der Waals surface area contributed by atoms with Gasteiger partial charge in [0.05, 0.1) is 9.79 Å². The third-order valence-corrected chi connectivity index (χ3v) is 6.57. The molecule has 0 atom stereocenters. The van der Waals surface area contributed by atoms with Gasteiger partial charge < -0.3 is 10.1 Å². The molecule has 11 heteroatoms. The Bertz CT molecular complexity index is 1320. The molecular formula is C21H21N3O6S2. The van der Waals surface area contributed by atoms with Gasteiger partial charge in [0.2, 0.25) is 10.0 Å². The first-order valence-electron chi connectivity index (χ1n) is 9.28. The molecule has 4 N–H and O–H groups in total. The third kappa shape index (κ3) is 6.30. The van der Waals surface area contributed by atoms with Crippen molar-refractivity contribution in [2.45, 2.75) is 16.7 Å². The molecule has 1 amide bonds. The highest BCUT2D eigenvalue weighted by Gasteiger charge is 2.15. The minimum absolute atomic E-state index is 0.0398. The third-order valence-electron chi connectivity index (χ3n) is 4.24. The first-order chi connectivity index (χ1) is 15.0. The Labute approximate surface area is 186 Å². The largest absolute Gasteiger partial charge is 0.484 e. The number of ether oxygens (including phenoxy) is 1. The van der Waals surface area contributed by atoms with E-state index < -0.39 is 26.0 Å². The molecule has 3 aromatic rings. The van der Waals surface area contributed by atoms with Crippen LogP contribution in [0.1, 0.15) is 5.56 Å². The molecule has 0 saturated carbocycles. The summed E-state index contributed by atoms with van der Waals surface area (Å²) in [6.07, 6.45) is 0. The molecule has 168 valence electrons. The zero-order chi connectivity index (χ0) is 23.4. The van der Waals surface area contributed by atoms with Crippen LogP contribution < -0.4 is 19.9 Å². The lowest BCUT2D eigenvalue weighted by Crippen LogP contribution is -2.20. The van der Waals surface area contributed by atoms with E-state index in [9.17, 15) is 21.6 Å². The summed E-state index contributed by atoms with van der Waals surface area (Å²) in [6, 6.07) is 17.8. The normalized spacial score (nSPS) is 11.6. The Balaban J connectivity index is 1.60. The number of aryl methyl sites for hydroxylation is 1. The maximum absolute atomic E-state index is 12.5. The second-order valence-electron chi connectivity index (χ2n) is 6.85. The zero-order valence-corrected chi connectivity index (χ0v) is 18.6. The number of nitrogens with one attached hydrogen (secondary N) is 2. The van der Waals surface area contributed by atoms with E-state index in [-0.39, 0.29) is 22.1 Å². The molecular weight excluding hydrogens is 454 g/mol. The number of benzene rings is 3. The van der Waals surface area contributed by atoms with Crippen molar-refractivity contribution in [1.82, 2.24) is 0 Å². The van der Waals surface area contributed by atoms with Crippen molar-refractivity contribution < 1.29 is 26.4 Å². The highest BCUT2D eigenvalue weighted by Crippen LogP contribution is 2.20. The number of hydrogen-bond donors (Lipinski definition) is 3. The van der Waals surface area contributed by atoms with Crippen molar-refractivity contribution in [2.24, 2.45) is 5.14 Å². The van der Waals surface area contributed by atoms with Crippen LogP contribution in [-0.2, 0) is 24.8 Å². The summed E-state index contributed by atoms with van der Waals surface area (Å²) in [4.78, 5) is 11.9. The Morgan fingerprint density at radius 1 is 0.875 bits per heavy atom. The van der Waals surface area contributed by atoms with Crippen LogP contribution in [0.2, 0.25) is 0 Å². The number of rotatable bonds is 8. The lowest BCUT2D eigenvalue weighted by Gasteiger charge is -2.10. The summed E-state index contributed by atoms with van der Waals surface area (Å²) in [5.41, 5.74) is 1.58. The topological polar surface area (TPSA) is 145 Å². The van der Waals surface area contributed by atoms with E-state index in [2.05, 4.69) is 10.0 Å². The predicted molar refractivity (Wildman–Crippen MR) is 120 cm³/mol.